The highest BCUT2D eigenvalue weighted by Crippen LogP contribution is 2.22. The standard InChI is InChI=1S/C21H16N2O2S/c24-21(17-4-2-16(3-5-17)19-8-10-26-14-19)23-12-15-1-6-20(22-11-15)18-7-9-25-13-18/h1-11,13-14H,12H2,(H,23,24). The number of hydrogen-bond donors (Lipinski definition) is 1. The normalized spacial score (nSPS) is 10.6. The summed E-state index contributed by atoms with van der Waals surface area (Å²) in [6.45, 7) is 0.434. The molecule has 0 bridgehead atoms. The van der Waals surface area contributed by atoms with Crippen molar-refractivity contribution in [3.8, 4) is 22.4 Å². The van der Waals surface area contributed by atoms with Crippen molar-refractivity contribution in [1.29, 1.82) is 0 Å². The van der Waals surface area contributed by atoms with E-state index in [1.165, 1.54) is 5.56 Å². The third-order valence-corrected chi connectivity index (χ3v) is 4.78. The van der Waals surface area contributed by atoms with E-state index in [1.54, 1.807) is 30.1 Å². The Hall–Kier alpha value is -3.18. The second kappa shape index (κ2) is 7.37. The minimum absolute atomic E-state index is 0.0965. The maximum absolute atomic E-state index is 12.3. The van der Waals surface area contributed by atoms with Gasteiger partial charge in [-0.05, 0) is 57.8 Å². The van der Waals surface area contributed by atoms with Gasteiger partial charge in [0.1, 0.15) is 0 Å². The molecule has 4 aromatic rings. The Labute approximate surface area is 155 Å². The molecule has 0 fully saturated rings. The van der Waals surface area contributed by atoms with Crippen LogP contribution in [0.4, 0.5) is 0 Å². The van der Waals surface area contributed by atoms with Crippen LogP contribution in [0.3, 0.4) is 0 Å². The molecule has 3 aromatic heterocycles. The van der Waals surface area contributed by atoms with E-state index < -0.39 is 0 Å². The number of hydrogen-bond acceptors (Lipinski definition) is 4. The van der Waals surface area contributed by atoms with E-state index in [2.05, 4.69) is 21.7 Å². The van der Waals surface area contributed by atoms with E-state index in [0.29, 0.717) is 12.1 Å². The highest BCUT2D eigenvalue weighted by Gasteiger charge is 2.07. The number of nitrogens with zero attached hydrogens (tertiary/aromatic N) is 1. The zero-order valence-electron chi connectivity index (χ0n) is 13.9. The van der Waals surface area contributed by atoms with E-state index in [9.17, 15) is 4.79 Å². The number of aromatic nitrogens is 1. The fraction of sp³-hybridized carbons (Fsp3) is 0.0476. The topological polar surface area (TPSA) is 55.1 Å². The molecule has 0 spiro atoms. The van der Waals surface area contributed by atoms with Gasteiger partial charge in [-0.15, -0.1) is 0 Å². The number of amides is 1. The molecule has 0 saturated heterocycles. The average molecular weight is 360 g/mol. The monoisotopic (exact) mass is 360 g/mol. The van der Waals surface area contributed by atoms with Crippen LogP contribution in [0, 0.1) is 0 Å². The fourth-order valence-electron chi connectivity index (χ4n) is 2.64. The predicted molar refractivity (Wildman–Crippen MR) is 103 cm³/mol. The zero-order chi connectivity index (χ0) is 17.8. The fourth-order valence-corrected chi connectivity index (χ4v) is 3.30. The SMILES string of the molecule is O=C(NCc1ccc(-c2ccoc2)nc1)c1ccc(-c2ccsc2)cc1. The summed E-state index contributed by atoms with van der Waals surface area (Å²) in [5.74, 6) is -0.0965. The minimum atomic E-state index is -0.0965. The predicted octanol–water partition coefficient (Wildman–Crippen LogP) is 5.00. The van der Waals surface area contributed by atoms with Crippen molar-refractivity contribution in [3.05, 3.63) is 89.1 Å². The van der Waals surface area contributed by atoms with Crippen LogP contribution in [0.5, 0.6) is 0 Å². The molecule has 0 aliphatic rings. The lowest BCUT2D eigenvalue weighted by molar-refractivity contribution is 0.0951. The molecule has 0 radical (unpaired) electrons. The van der Waals surface area contributed by atoms with Gasteiger partial charge in [-0.3, -0.25) is 9.78 Å². The van der Waals surface area contributed by atoms with Gasteiger partial charge >= 0.3 is 0 Å². The molecule has 4 nitrogen and oxygen atoms in total. The van der Waals surface area contributed by atoms with Gasteiger partial charge in [-0.2, -0.15) is 11.3 Å². The number of pyridine rings is 1. The summed E-state index contributed by atoms with van der Waals surface area (Å²) >= 11 is 1.66. The molecular formula is C21H16N2O2S. The highest BCUT2D eigenvalue weighted by atomic mass is 32.1. The van der Waals surface area contributed by atoms with Gasteiger partial charge in [0.15, 0.2) is 0 Å². The number of rotatable bonds is 5. The van der Waals surface area contributed by atoms with E-state index in [0.717, 1.165) is 22.4 Å². The first-order valence-electron chi connectivity index (χ1n) is 8.18. The van der Waals surface area contributed by atoms with Crippen LogP contribution < -0.4 is 5.32 Å². The molecule has 26 heavy (non-hydrogen) atoms. The number of nitrogens with one attached hydrogen (secondary N) is 1. The maximum atomic E-state index is 12.3. The summed E-state index contributed by atoms with van der Waals surface area (Å²) < 4.78 is 5.06. The molecule has 4 rings (SSSR count). The van der Waals surface area contributed by atoms with E-state index in [-0.39, 0.29) is 5.91 Å². The van der Waals surface area contributed by atoms with Crippen molar-refractivity contribution in [2.45, 2.75) is 6.54 Å². The molecule has 1 N–H and O–H groups in total. The molecule has 128 valence electrons. The van der Waals surface area contributed by atoms with Crippen molar-refractivity contribution in [2.75, 3.05) is 0 Å². The summed E-state index contributed by atoms with van der Waals surface area (Å²) in [6, 6.07) is 15.4. The van der Waals surface area contributed by atoms with Crippen LogP contribution in [0.1, 0.15) is 15.9 Å². The van der Waals surface area contributed by atoms with Crippen molar-refractivity contribution in [2.24, 2.45) is 0 Å². The van der Waals surface area contributed by atoms with E-state index >= 15 is 0 Å². The Kier molecular flexibility index (Phi) is 4.62. The van der Waals surface area contributed by atoms with E-state index in [1.807, 2.05) is 47.8 Å². The Balaban J connectivity index is 1.37. The third-order valence-electron chi connectivity index (χ3n) is 4.10. The second-order valence-corrected chi connectivity index (χ2v) is 6.62. The molecule has 1 amide bonds. The Morgan fingerprint density at radius 1 is 1.00 bits per heavy atom. The van der Waals surface area contributed by atoms with Crippen molar-refractivity contribution < 1.29 is 9.21 Å². The van der Waals surface area contributed by atoms with Gasteiger partial charge in [0, 0.05) is 23.9 Å². The second-order valence-electron chi connectivity index (χ2n) is 5.84. The number of thiophene rings is 1. The Morgan fingerprint density at radius 3 is 2.54 bits per heavy atom. The van der Waals surface area contributed by atoms with Gasteiger partial charge < -0.3 is 9.73 Å². The van der Waals surface area contributed by atoms with Gasteiger partial charge in [0.2, 0.25) is 0 Å². The first kappa shape index (κ1) is 16.3. The molecule has 0 saturated carbocycles. The van der Waals surface area contributed by atoms with Gasteiger partial charge in [0.05, 0.1) is 18.2 Å². The van der Waals surface area contributed by atoms with E-state index in [4.69, 9.17) is 4.42 Å². The molecular weight excluding hydrogens is 344 g/mol. The van der Waals surface area contributed by atoms with Gasteiger partial charge in [-0.25, -0.2) is 0 Å². The average Bonchev–Trinajstić information content (AvgIpc) is 3.40. The van der Waals surface area contributed by atoms with Crippen LogP contribution in [0.25, 0.3) is 22.4 Å². The van der Waals surface area contributed by atoms with Crippen LogP contribution in [0.2, 0.25) is 0 Å². The van der Waals surface area contributed by atoms with Crippen molar-refractivity contribution >= 4 is 17.2 Å². The van der Waals surface area contributed by atoms with Gasteiger partial charge in [0.25, 0.3) is 5.91 Å². The molecule has 5 heteroatoms. The molecule has 0 aliphatic heterocycles. The third kappa shape index (κ3) is 3.58. The summed E-state index contributed by atoms with van der Waals surface area (Å²) in [5.41, 5.74) is 5.66. The minimum Gasteiger partial charge on any atom is -0.472 e. The summed E-state index contributed by atoms with van der Waals surface area (Å²) in [4.78, 5) is 16.7. The molecule has 0 aliphatic carbocycles. The Morgan fingerprint density at radius 2 is 1.88 bits per heavy atom. The summed E-state index contributed by atoms with van der Waals surface area (Å²) in [5, 5.41) is 7.06. The van der Waals surface area contributed by atoms with Crippen molar-refractivity contribution in [3.63, 3.8) is 0 Å². The molecule has 0 unspecified atom stereocenters. The van der Waals surface area contributed by atoms with Crippen molar-refractivity contribution in [1.82, 2.24) is 10.3 Å². The van der Waals surface area contributed by atoms with Gasteiger partial charge in [-0.1, -0.05) is 18.2 Å². The zero-order valence-corrected chi connectivity index (χ0v) is 14.7. The van der Waals surface area contributed by atoms with Crippen LogP contribution in [-0.4, -0.2) is 10.9 Å². The maximum Gasteiger partial charge on any atom is 0.251 e. The quantitative estimate of drug-likeness (QED) is 0.545. The molecule has 1 aromatic carbocycles. The summed E-state index contributed by atoms with van der Waals surface area (Å²) in [7, 11) is 0. The summed E-state index contributed by atoms with van der Waals surface area (Å²) in [6.07, 6.45) is 5.04. The number of furan rings is 1. The van der Waals surface area contributed by atoms with Crippen LogP contribution in [0.15, 0.2) is 82.4 Å². The lowest BCUT2D eigenvalue weighted by Gasteiger charge is -2.07. The Bertz CT molecular complexity index is 974. The lowest BCUT2D eigenvalue weighted by Crippen LogP contribution is -2.22. The lowest BCUT2D eigenvalue weighted by atomic mass is 10.1. The largest absolute Gasteiger partial charge is 0.472 e. The van der Waals surface area contributed by atoms with Crippen LogP contribution in [-0.2, 0) is 6.54 Å². The highest BCUT2D eigenvalue weighted by molar-refractivity contribution is 7.08. The number of carbonyl (C=O) groups is 1. The molecule has 0 atom stereocenters. The smallest absolute Gasteiger partial charge is 0.251 e. The van der Waals surface area contributed by atoms with Crippen LogP contribution >= 0.6 is 11.3 Å². The molecule has 3 heterocycles. The number of benzene rings is 1. The first-order chi connectivity index (χ1) is 12.8. The first-order valence-corrected chi connectivity index (χ1v) is 9.12. The number of carbonyl (C=O) groups excluding carboxylic acids is 1.